The number of hydrogen-bond acceptors (Lipinski definition) is 2. The molecule has 1 radical (unpaired) electrons. The van der Waals surface area contributed by atoms with Crippen molar-refractivity contribution in [2.75, 3.05) is 0 Å². The van der Waals surface area contributed by atoms with Crippen LogP contribution in [-0.2, 0) is 6.54 Å². The van der Waals surface area contributed by atoms with E-state index >= 15 is 0 Å². The molecule has 1 aromatic rings. The van der Waals surface area contributed by atoms with Crippen LogP contribution in [0.3, 0.4) is 0 Å². The third kappa shape index (κ3) is 1.01. The van der Waals surface area contributed by atoms with Gasteiger partial charge in [0.25, 0.3) is 0 Å². The number of nitrogens with two attached hydrogens (primary N) is 1. The van der Waals surface area contributed by atoms with Gasteiger partial charge in [0.05, 0.1) is 0 Å². The van der Waals surface area contributed by atoms with Crippen LogP contribution in [0.4, 0.5) is 0 Å². The van der Waals surface area contributed by atoms with E-state index in [0.717, 1.165) is 0 Å². The van der Waals surface area contributed by atoms with Crippen molar-refractivity contribution < 1.29 is 0 Å². The van der Waals surface area contributed by atoms with Gasteiger partial charge in [-0.05, 0) is 12.1 Å². The Morgan fingerprint density at radius 1 is 1.86 bits per heavy atom. The summed E-state index contributed by atoms with van der Waals surface area (Å²) in [5.41, 5.74) is 5.28. The number of rotatable bonds is 1. The molecule has 0 unspecified atom stereocenters. The van der Waals surface area contributed by atoms with Crippen molar-refractivity contribution in [3.05, 3.63) is 22.4 Å². The second-order valence-electron chi connectivity index (χ2n) is 1.22. The highest BCUT2D eigenvalue weighted by Gasteiger charge is 1.83. The first-order valence-corrected chi connectivity index (χ1v) is 2.90. The average Bonchev–Trinajstić information content (AvgIpc) is 2.14. The molecule has 7 heavy (non-hydrogen) atoms. The first-order chi connectivity index (χ1) is 3.43. The molecule has 2 heteroatoms. The lowest BCUT2D eigenvalue weighted by molar-refractivity contribution is 1.11. The molecule has 1 nitrogen and oxygen atoms in total. The van der Waals surface area contributed by atoms with Crippen molar-refractivity contribution in [3.8, 4) is 0 Å². The molecule has 0 aromatic carbocycles. The molecule has 0 atom stereocenters. The molecule has 0 aliphatic carbocycles. The van der Waals surface area contributed by atoms with Crippen LogP contribution in [0.25, 0.3) is 0 Å². The third-order valence-electron chi connectivity index (χ3n) is 0.728. The summed E-state index contributed by atoms with van der Waals surface area (Å²) in [6, 6.07) is 3.86. The summed E-state index contributed by atoms with van der Waals surface area (Å²) in [6.07, 6.45) is 0. The Hall–Kier alpha value is -0.340. The predicted molar refractivity (Wildman–Crippen MR) is 31.0 cm³/mol. The molecule has 2 N–H and O–H groups in total. The summed E-state index contributed by atoms with van der Waals surface area (Å²) in [5, 5.41) is 2.94. The molecule has 1 aromatic heterocycles. The van der Waals surface area contributed by atoms with Gasteiger partial charge in [-0.3, -0.25) is 0 Å². The van der Waals surface area contributed by atoms with E-state index in [1.165, 1.54) is 4.88 Å². The Kier molecular flexibility index (Phi) is 1.44. The normalized spacial score (nSPS) is 9.29. The maximum absolute atomic E-state index is 5.28. The van der Waals surface area contributed by atoms with Crippen LogP contribution in [-0.4, -0.2) is 0 Å². The van der Waals surface area contributed by atoms with E-state index in [4.69, 9.17) is 5.73 Å². The fourth-order valence-electron chi connectivity index (χ4n) is 0.380. The van der Waals surface area contributed by atoms with Gasteiger partial charge in [-0.25, -0.2) is 0 Å². The predicted octanol–water partition coefficient (Wildman–Crippen LogP) is 1.01. The fourth-order valence-corrected chi connectivity index (χ4v) is 0.887. The Morgan fingerprint density at radius 3 is 3.00 bits per heavy atom. The number of hydrogen-bond donors (Lipinski definition) is 1. The van der Waals surface area contributed by atoms with Gasteiger partial charge in [0.15, 0.2) is 0 Å². The first kappa shape index (κ1) is 4.81. The maximum atomic E-state index is 5.28. The van der Waals surface area contributed by atoms with Gasteiger partial charge in [-0.1, -0.05) is 0 Å². The Labute approximate surface area is 46.8 Å². The number of thiophene rings is 1. The lowest BCUT2D eigenvalue weighted by atomic mass is 10.5. The van der Waals surface area contributed by atoms with Gasteiger partial charge in [0.2, 0.25) is 0 Å². The van der Waals surface area contributed by atoms with Crippen molar-refractivity contribution in [2.45, 2.75) is 6.54 Å². The van der Waals surface area contributed by atoms with E-state index in [1.54, 1.807) is 11.3 Å². The maximum Gasteiger partial charge on any atom is 0.0446 e. The summed E-state index contributed by atoms with van der Waals surface area (Å²) in [5.74, 6) is 0. The Bertz CT molecular complexity index is 123. The summed E-state index contributed by atoms with van der Waals surface area (Å²) in [4.78, 5) is 1.19. The second-order valence-corrected chi connectivity index (χ2v) is 2.19. The van der Waals surface area contributed by atoms with Crippen LogP contribution in [0.15, 0.2) is 12.1 Å². The van der Waals surface area contributed by atoms with Gasteiger partial charge in [-0.2, -0.15) is 0 Å². The zero-order chi connectivity index (χ0) is 5.11. The highest BCUT2D eigenvalue weighted by atomic mass is 32.1. The lowest BCUT2D eigenvalue weighted by Gasteiger charge is -1.79. The molecule has 0 amide bonds. The van der Waals surface area contributed by atoms with Crippen molar-refractivity contribution in [1.82, 2.24) is 0 Å². The van der Waals surface area contributed by atoms with Gasteiger partial charge in [0.1, 0.15) is 0 Å². The second kappa shape index (κ2) is 2.09. The molecular weight excluding hydrogens is 106 g/mol. The van der Waals surface area contributed by atoms with Gasteiger partial charge in [0, 0.05) is 16.8 Å². The van der Waals surface area contributed by atoms with Crippen molar-refractivity contribution in [2.24, 2.45) is 5.73 Å². The monoisotopic (exact) mass is 112 g/mol. The molecule has 0 aliphatic heterocycles. The molecule has 0 fully saturated rings. The quantitative estimate of drug-likeness (QED) is 0.576. The van der Waals surface area contributed by atoms with E-state index in [-0.39, 0.29) is 0 Å². The molecule has 1 rings (SSSR count). The minimum Gasteiger partial charge on any atom is -0.326 e. The van der Waals surface area contributed by atoms with E-state index in [1.807, 2.05) is 12.1 Å². The zero-order valence-corrected chi connectivity index (χ0v) is 4.66. The van der Waals surface area contributed by atoms with Gasteiger partial charge >= 0.3 is 0 Å². The topological polar surface area (TPSA) is 26.0 Å². The highest BCUT2D eigenvalue weighted by molar-refractivity contribution is 7.09. The van der Waals surface area contributed by atoms with Crippen LogP contribution in [0.2, 0.25) is 0 Å². The summed E-state index contributed by atoms with van der Waals surface area (Å²) < 4.78 is 0. The molecular formula is C5H6NS. The van der Waals surface area contributed by atoms with Crippen molar-refractivity contribution in [1.29, 1.82) is 0 Å². The SMILES string of the molecule is NCc1cc[c]s1. The molecule has 0 aliphatic rings. The standard InChI is InChI=1S/C5H6NS/c6-4-5-2-1-3-7-5/h1-2H,4,6H2. The Balaban J connectivity index is 2.76. The molecule has 0 saturated heterocycles. The van der Waals surface area contributed by atoms with Crippen molar-refractivity contribution >= 4 is 11.3 Å². The highest BCUT2D eigenvalue weighted by Crippen LogP contribution is 2.04. The summed E-state index contributed by atoms with van der Waals surface area (Å²) in [7, 11) is 0. The average molecular weight is 112 g/mol. The van der Waals surface area contributed by atoms with E-state index < -0.39 is 0 Å². The van der Waals surface area contributed by atoms with Crippen LogP contribution in [0.1, 0.15) is 4.88 Å². The van der Waals surface area contributed by atoms with Crippen molar-refractivity contribution in [3.63, 3.8) is 0 Å². The molecule has 0 bridgehead atoms. The largest absolute Gasteiger partial charge is 0.326 e. The smallest absolute Gasteiger partial charge is 0.0446 e. The summed E-state index contributed by atoms with van der Waals surface area (Å²) >= 11 is 1.57. The van der Waals surface area contributed by atoms with E-state index in [9.17, 15) is 0 Å². The zero-order valence-electron chi connectivity index (χ0n) is 3.85. The first-order valence-electron chi connectivity index (χ1n) is 2.08. The van der Waals surface area contributed by atoms with Crippen LogP contribution in [0.5, 0.6) is 0 Å². The van der Waals surface area contributed by atoms with Gasteiger partial charge < -0.3 is 5.73 Å². The van der Waals surface area contributed by atoms with Crippen LogP contribution < -0.4 is 5.73 Å². The lowest BCUT2D eigenvalue weighted by Crippen LogP contribution is -1.90. The minimum absolute atomic E-state index is 0.647. The Morgan fingerprint density at radius 2 is 2.71 bits per heavy atom. The molecule has 37 valence electrons. The molecule has 0 spiro atoms. The van der Waals surface area contributed by atoms with Crippen LogP contribution in [0, 0.1) is 5.38 Å². The van der Waals surface area contributed by atoms with E-state index in [0.29, 0.717) is 6.54 Å². The third-order valence-corrected chi connectivity index (χ3v) is 1.55. The van der Waals surface area contributed by atoms with Gasteiger partial charge in [-0.15, -0.1) is 11.3 Å². The minimum atomic E-state index is 0.647. The van der Waals surface area contributed by atoms with Crippen LogP contribution >= 0.6 is 11.3 Å². The molecule has 0 saturated carbocycles. The summed E-state index contributed by atoms with van der Waals surface area (Å²) in [6.45, 7) is 0.647. The van der Waals surface area contributed by atoms with E-state index in [2.05, 4.69) is 5.38 Å². The molecule has 1 heterocycles. The fraction of sp³-hybridized carbons (Fsp3) is 0.200.